The Hall–Kier alpha value is -1.44. The number of nitrogens with zero attached hydrogens (tertiary/aromatic N) is 2. The number of carbonyl (C=O) groups excluding carboxylic acids is 1. The van der Waals surface area contributed by atoms with Gasteiger partial charge in [-0.15, -0.1) is 0 Å². The molecule has 7 heteroatoms. The third kappa shape index (κ3) is 4.22. The van der Waals surface area contributed by atoms with Gasteiger partial charge in [0.1, 0.15) is 6.04 Å². The van der Waals surface area contributed by atoms with Crippen LogP contribution in [0.2, 0.25) is 0 Å². The summed E-state index contributed by atoms with van der Waals surface area (Å²) in [5.74, 6) is 0.494. The number of sulfonamides is 1. The zero-order chi connectivity index (χ0) is 18.0. The summed E-state index contributed by atoms with van der Waals surface area (Å²) in [6, 6.07) is 6.21. The van der Waals surface area contributed by atoms with Crippen molar-refractivity contribution in [1.29, 1.82) is 0 Å². The lowest BCUT2D eigenvalue weighted by Gasteiger charge is -2.30. The van der Waals surface area contributed by atoms with Crippen LogP contribution in [-0.4, -0.2) is 62.9 Å². The summed E-state index contributed by atoms with van der Waals surface area (Å²) in [4.78, 5) is 17.4. The van der Waals surface area contributed by atoms with Gasteiger partial charge in [0.2, 0.25) is 15.9 Å². The molecule has 2 heterocycles. The molecule has 0 bridgehead atoms. The number of nitrogens with one attached hydrogen (secondary N) is 1. The third-order valence-corrected chi connectivity index (χ3v) is 6.38. The van der Waals surface area contributed by atoms with E-state index in [1.807, 2.05) is 11.0 Å². The van der Waals surface area contributed by atoms with Gasteiger partial charge < -0.3 is 9.80 Å². The van der Waals surface area contributed by atoms with Gasteiger partial charge in [-0.25, -0.2) is 8.42 Å². The number of fused-ring (bicyclic) bond motifs is 1. The minimum absolute atomic E-state index is 0.107. The predicted octanol–water partition coefficient (Wildman–Crippen LogP) is 1.08. The first-order chi connectivity index (χ1) is 11.9. The monoisotopic (exact) mass is 365 g/mol. The van der Waals surface area contributed by atoms with Crippen LogP contribution >= 0.6 is 0 Å². The Morgan fingerprint density at radius 3 is 2.72 bits per heavy atom. The maximum absolute atomic E-state index is 12.9. The van der Waals surface area contributed by atoms with Crippen molar-refractivity contribution < 1.29 is 13.2 Å². The molecule has 1 aromatic carbocycles. The molecule has 1 N–H and O–H groups in total. The van der Waals surface area contributed by atoms with E-state index in [1.165, 1.54) is 0 Å². The average Bonchev–Trinajstić information content (AvgIpc) is 2.78. The quantitative estimate of drug-likeness (QED) is 0.870. The summed E-state index contributed by atoms with van der Waals surface area (Å²) in [6.45, 7) is 8.61. The Kier molecular flexibility index (Phi) is 5.46. The first-order valence-corrected chi connectivity index (χ1v) is 10.5. The molecule has 2 aliphatic rings. The second-order valence-corrected chi connectivity index (χ2v) is 9.04. The van der Waals surface area contributed by atoms with E-state index in [1.54, 1.807) is 18.2 Å². The SMILES string of the molecule is CC(C)CN1CCCN(C(=O)[C@H]2Cc3ccccc3S(=O)(=O)N2)CC1. The van der Waals surface area contributed by atoms with E-state index in [0.717, 1.165) is 31.6 Å². The second-order valence-electron chi connectivity index (χ2n) is 7.36. The highest BCUT2D eigenvalue weighted by atomic mass is 32.2. The summed E-state index contributed by atoms with van der Waals surface area (Å²) in [5.41, 5.74) is 0.718. The van der Waals surface area contributed by atoms with Crippen molar-refractivity contribution in [3.05, 3.63) is 29.8 Å². The largest absolute Gasteiger partial charge is 0.340 e. The number of hydrogen-bond acceptors (Lipinski definition) is 4. The first-order valence-electron chi connectivity index (χ1n) is 8.98. The Morgan fingerprint density at radius 2 is 1.96 bits per heavy atom. The van der Waals surface area contributed by atoms with Crippen LogP contribution in [0.15, 0.2) is 29.2 Å². The molecule has 0 radical (unpaired) electrons. The van der Waals surface area contributed by atoms with Gasteiger partial charge >= 0.3 is 0 Å². The number of amides is 1. The maximum atomic E-state index is 12.9. The molecule has 3 rings (SSSR count). The summed E-state index contributed by atoms with van der Waals surface area (Å²) in [5, 5.41) is 0. The van der Waals surface area contributed by atoms with E-state index in [4.69, 9.17) is 0 Å². The molecule has 1 saturated heterocycles. The number of carbonyl (C=O) groups is 1. The fourth-order valence-corrected chi connectivity index (χ4v) is 5.14. The Morgan fingerprint density at radius 1 is 1.20 bits per heavy atom. The van der Waals surface area contributed by atoms with Gasteiger partial charge in [-0.2, -0.15) is 4.72 Å². The smallest absolute Gasteiger partial charge is 0.241 e. The molecule has 0 aliphatic carbocycles. The summed E-state index contributed by atoms with van der Waals surface area (Å²) < 4.78 is 27.4. The first kappa shape index (κ1) is 18.4. The van der Waals surface area contributed by atoms with Crippen molar-refractivity contribution in [3.63, 3.8) is 0 Å². The summed E-state index contributed by atoms with van der Waals surface area (Å²) >= 11 is 0. The molecule has 6 nitrogen and oxygen atoms in total. The Labute approximate surface area is 150 Å². The molecule has 0 spiro atoms. The van der Waals surface area contributed by atoms with Gasteiger partial charge in [0.15, 0.2) is 0 Å². The van der Waals surface area contributed by atoms with Crippen LogP contribution in [0.1, 0.15) is 25.8 Å². The van der Waals surface area contributed by atoms with Crippen LogP contribution in [0.4, 0.5) is 0 Å². The summed E-state index contributed by atoms with van der Waals surface area (Å²) in [6.07, 6.45) is 1.34. The van der Waals surface area contributed by atoms with Gasteiger partial charge in [0.05, 0.1) is 4.90 Å². The van der Waals surface area contributed by atoms with Crippen LogP contribution in [0.3, 0.4) is 0 Å². The van der Waals surface area contributed by atoms with E-state index in [9.17, 15) is 13.2 Å². The Balaban J connectivity index is 1.70. The molecule has 1 aromatic rings. The van der Waals surface area contributed by atoms with Crippen molar-refractivity contribution in [2.45, 2.75) is 37.6 Å². The van der Waals surface area contributed by atoms with Crippen molar-refractivity contribution in [2.24, 2.45) is 5.92 Å². The van der Waals surface area contributed by atoms with E-state index in [0.29, 0.717) is 25.4 Å². The molecule has 1 fully saturated rings. The molecule has 25 heavy (non-hydrogen) atoms. The number of hydrogen-bond donors (Lipinski definition) is 1. The minimum Gasteiger partial charge on any atom is -0.340 e. The van der Waals surface area contributed by atoms with Crippen molar-refractivity contribution in [2.75, 3.05) is 32.7 Å². The van der Waals surface area contributed by atoms with E-state index in [-0.39, 0.29) is 10.8 Å². The molecular formula is C18H27N3O3S. The Bertz CT molecular complexity index is 733. The van der Waals surface area contributed by atoms with E-state index < -0.39 is 16.1 Å². The van der Waals surface area contributed by atoms with Crippen LogP contribution in [0.25, 0.3) is 0 Å². The highest BCUT2D eigenvalue weighted by Gasteiger charge is 2.35. The lowest BCUT2D eigenvalue weighted by molar-refractivity contribution is -0.132. The average molecular weight is 365 g/mol. The van der Waals surface area contributed by atoms with Gasteiger partial charge in [-0.3, -0.25) is 4.79 Å². The predicted molar refractivity (Wildman–Crippen MR) is 96.7 cm³/mol. The maximum Gasteiger partial charge on any atom is 0.241 e. The van der Waals surface area contributed by atoms with Crippen LogP contribution in [0, 0.1) is 5.92 Å². The van der Waals surface area contributed by atoms with Crippen LogP contribution in [0.5, 0.6) is 0 Å². The standard InChI is InChI=1S/C18H27N3O3S/c1-14(2)13-20-8-5-9-21(11-10-20)18(22)16-12-15-6-3-4-7-17(15)25(23,24)19-16/h3-4,6-7,14,16,19H,5,8-13H2,1-2H3/t16-/m1/s1. The van der Waals surface area contributed by atoms with Crippen LogP contribution < -0.4 is 4.72 Å². The van der Waals surface area contributed by atoms with Crippen molar-refractivity contribution in [1.82, 2.24) is 14.5 Å². The molecule has 1 atom stereocenters. The molecule has 0 saturated carbocycles. The van der Waals surface area contributed by atoms with Gasteiger partial charge in [0.25, 0.3) is 0 Å². The number of rotatable bonds is 3. The third-order valence-electron chi connectivity index (χ3n) is 4.81. The van der Waals surface area contributed by atoms with E-state index in [2.05, 4.69) is 23.5 Å². The fourth-order valence-electron chi connectivity index (χ4n) is 3.70. The molecule has 1 amide bonds. The topological polar surface area (TPSA) is 69.7 Å². The van der Waals surface area contributed by atoms with Crippen LogP contribution in [-0.2, 0) is 21.2 Å². The normalized spacial score (nSPS) is 24.0. The molecular weight excluding hydrogens is 338 g/mol. The highest BCUT2D eigenvalue weighted by Crippen LogP contribution is 2.23. The fraction of sp³-hybridized carbons (Fsp3) is 0.611. The van der Waals surface area contributed by atoms with Crippen molar-refractivity contribution >= 4 is 15.9 Å². The molecule has 0 aromatic heterocycles. The zero-order valence-corrected chi connectivity index (χ0v) is 15.8. The highest BCUT2D eigenvalue weighted by molar-refractivity contribution is 7.89. The van der Waals surface area contributed by atoms with Gasteiger partial charge in [-0.1, -0.05) is 32.0 Å². The van der Waals surface area contributed by atoms with E-state index >= 15 is 0 Å². The van der Waals surface area contributed by atoms with Crippen molar-refractivity contribution in [3.8, 4) is 0 Å². The second kappa shape index (κ2) is 7.43. The number of benzene rings is 1. The van der Waals surface area contributed by atoms with Gasteiger partial charge in [0, 0.05) is 26.2 Å². The molecule has 0 unspecified atom stereocenters. The lowest BCUT2D eigenvalue weighted by Crippen LogP contribution is -2.52. The molecule has 2 aliphatic heterocycles. The summed E-state index contributed by atoms with van der Waals surface area (Å²) in [7, 11) is -3.62. The van der Waals surface area contributed by atoms with Gasteiger partial charge in [-0.05, 0) is 36.9 Å². The minimum atomic E-state index is -3.62. The zero-order valence-electron chi connectivity index (χ0n) is 14.9. The lowest BCUT2D eigenvalue weighted by atomic mass is 10.0. The molecule has 138 valence electrons.